The highest BCUT2D eigenvalue weighted by atomic mass is 16.5. The summed E-state index contributed by atoms with van der Waals surface area (Å²) in [4.78, 5) is 0. The molecule has 1 saturated heterocycles. The van der Waals surface area contributed by atoms with Gasteiger partial charge in [-0.3, -0.25) is 0 Å². The predicted octanol–water partition coefficient (Wildman–Crippen LogP) is 3.11. The molecule has 0 aromatic heterocycles. The Morgan fingerprint density at radius 1 is 0.938 bits per heavy atom. The van der Waals surface area contributed by atoms with E-state index < -0.39 is 0 Å². The van der Waals surface area contributed by atoms with E-state index in [1.165, 1.54) is 38.5 Å². The highest BCUT2D eigenvalue weighted by Gasteiger charge is 2.28. The number of rotatable bonds is 2. The van der Waals surface area contributed by atoms with Gasteiger partial charge in [-0.05, 0) is 45.4 Å². The molecule has 4 atom stereocenters. The van der Waals surface area contributed by atoms with Crippen molar-refractivity contribution in [1.82, 2.24) is 5.32 Å². The minimum atomic E-state index is 0.431. The molecule has 1 aliphatic carbocycles. The second-order valence-corrected chi connectivity index (χ2v) is 5.96. The van der Waals surface area contributed by atoms with Gasteiger partial charge in [-0.25, -0.2) is 0 Å². The fourth-order valence-corrected chi connectivity index (χ4v) is 3.41. The molecule has 1 saturated carbocycles. The van der Waals surface area contributed by atoms with Crippen LogP contribution >= 0.6 is 0 Å². The Hall–Kier alpha value is -0.0800. The van der Waals surface area contributed by atoms with Crippen molar-refractivity contribution in [2.24, 2.45) is 5.92 Å². The van der Waals surface area contributed by atoms with Crippen LogP contribution < -0.4 is 5.32 Å². The van der Waals surface area contributed by atoms with Crippen molar-refractivity contribution in [2.45, 2.75) is 83.6 Å². The maximum Gasteiger partial charge on any atom is 0.0565 e. The molecule has 4 unspecified atom stereocenters. The van der Waals surface area contributed by atoms with Gasteiger partial charge in [-0.1, -0.05) is 19.8 Å². The van der Waals surface area contributed by atoms with Gasteiger partial charge in [0.2, 0.25) is 0 Å². The Morgan fingerprint density at radius 3 is 2.19 bits per heavy atom. The summed E-state index contributed by atoms with van der Waals surface area (Å²) in [5.74, 6) is 0.863. The van der Waals surface area contributed by atoms with E-state index in [1.807, 2.05) is 0 Å². The van der Waals surface area contributed by atoms with Crippen LogP contribution in [0.15, 0.2) is 0 Å². The van der Waals surface area contributed by atoms with E-state index in [1.54, 1.807) is 0 Å². The van der Waals surface area contributed by atoms with Gasteiger partial charge in [-0.15, -0.1) is 0 Å². The van der Waals surface area contributed by atoms with Gasteiger partial charge in [0.1, 0.15) is 0 Å². The average Bonchev–Trinajstić information content (AvgIpc) is 2.20. The predicted molar refractivity (Wildman–Crippen MR) is 67.6 cm³/mol. The average molecular weight is 225 g/mol. The molecule has 2 fully saturated rings. The molecule has 0 bridgehead atoms. The maximum absolute atomic E-state index is 5.79. The molecule has 94 valence electrons. The van der Waals surface area contributed by atoms with E-state index >= 15 is 0 Å². The minimum Gasteiger partial charge on any atom is -0.375 e. The smallest absolute Gasteiger partial charge is 0.0565 e. The zero-order valence-electron chi connectivity index (χ0n) is 11.0. The van der Waals surface area contributed by atoms with Gasteiger partial charge < -0.3 is 10.1 Å². The van der Waals surface area contributed by atoms with Crippen LogP contribution in [-0.2, 0) is 4.74 Å². The van der Waals surface area contributed by atoms with E-state index in [0.717, 1.165) is 12.0 Å². The lowest BCUT2D eigenvalue weighted by Crippen LogP contribution is -2.48. The zero-order valence-corrected chi connectivity index (χ0v) is 11.0. The van der Waals surface area contributed by atoms with E-state index in [2.05, 4.69) is 26.1 Å². The second kappa shape index (κ2) is 5.50. The first-order valence-corrected chi connectivity index (χ1v) is 7.06. The summed E-state index contributed by atoms with van der Waals surface area (Å²) in [6, 6.07) is 1.44. The lowest BCUT2D eigenvalue weighted by molar-refractivity contribution is -0.0450. The lowest BCUT2D eigenvalue weighted by Gasteiger charge is -2.38. The maximum atomic E-state index is 5.79. The van der Waals surface area contributed by atoms with Gasteiger partial charge in [0.25, 0.3) is 0 Å². The molecular formula is C14H27NO. The molecule has 2 aliphatic rings. The standard InChI is InChI=1S/C14H27NO/c1-10-6-4-5-7-14(10)15-13-8-11(2)16-12(3)9-13/h10-15H,4-9H2,1-3H3. The summed E-state index contributed by atoms with van der Waals surface area (Å²) in [7, 11) is 0. The molecule has 1 heterocycles. The van der Waals surface area contributed by atoms with Crippen molar-refractivity contribution >= 4 is 0 Å². The summed E-state index contributed by atoms with van der Waals surface area (Å²) in [5.41, 5.74) is 0. The molecule has 2 rings (SSSR count). The number of hydrogen-bond donors (Lipinski definition) is 1. The van der Waals surface area contributed by atoms with Gasteiger partial charge in [0.05, 0.1) is 12.2 Å². The number of ether oxygens (including phenoxy) is 1. The molecule has 0 radical (unpaired) electrons. The van der Waals surface area contributed by atoms with E-state index in [-0.39, 0.29) is 0 Å². The molecule has 1 N–H and O–H groups in total. The third kappa shape index (κ3) is 3.21. The number of hydrogen-bond acceptors (Lipinski definition) is 2. The number of nitrogens with one attached hydrogen (secondary N) is 1. The quantitative estimate of drug-likeness (QED) is 0.779. The topological polar surface area (TPSA) is 21.3 Å². The van der Waals surface area contributed by atoms with Crippen LogP contribution in [0.2, 0.25) is 0 Å². The van der Waals surface area contributed by atoms with Crippen LogP contribution in [0, 0.1) is 5.92 Å². The van der Waals surface area contributed by atoms with Crippen LogP contribution in [-0.4, -0.2) is 24.3 Å². The molecule has 16 heavy (non-hydrogen) atoms. The van der Waals surface area contributed by atoms with Crippen molar-refractivity contribution in [3.05, 3.63) is 0 Å². The van der Waals surface area contributed by atoms with E-state index in [9.17, 15) is 0 Å². The summed E-state index contributed by atoms with van der Waals surface area (Å²) in [6.07, 6.45) is 8.87. The molecule has 0 aromatic carbocycles. The van der Waals surface area contributed by atoms with Gasteiger partial charge in [0.15, 0.2) is 0 Å². The Kier molecular flexibility index (Phi) is 4.26. The first kappa shape index (κ1) is 12.4. The fraction of sp³-hybridized carbons (Fsp3) is 1.00. The largest absolute Gasteiger partial charge is 0.375 e. The molecule has 2 nitrogen and oxygen atoms in total. The van der Waals surface area contributed by atoms with E-state index in [4.69, 9.17) is 4.74 Å². The summed E-state index contributed by atoms with van der Waals surface area (Å²) < 4.78 is 5.79. The zero-order chi connectivity index (χ0) is 11.5. The molecular weight excluding hydrogens is 198 g/mol. The molecule has 1 aliphatic heterocycles. The Bertz CT molecular complexity index is 209. The van der Waals surface area contributed by atoms with Crippen molar-refractivity contribution < 1.29 is 4.74 Å². The van der Waals surface area contributed by atoms with Gasteiger partial charge in [0, 0.05) is 12.1 Å². The van der Waals surface area contributed by atoms with Crippen molar-refractivity contribution in [3.63, 3.8) is 0 Å². The summed E-state index contributed by atoms with van der Waals surface area (Å²) in [5, 5.41) is 3.89. The van der Waals surface area contributed by atoms with Crippen LogP contribution in [0.5, 0.6) is 0 Å². The fourth-order valence-electron chi connectivity index (χ4n) is 3.41. The molecule has 0 spiro atoms. The summed E-state index contributed by atoms with van der Waals surface area (Å²) in [6.45, 7) is 6.81. The molecule has 0 amide bonds. The van der Waals surface area contributed by atoms with Crippen molar-refractivity contribution in [2.75, 3.05) is 0 Å². The van der Waals surface area contributed by atoms with Crippen LogP contribution in [0.1, 0.15) is 59.3 Å². The Morgan fingerprint density at radius 2 is 1.56 bits per heavy atom. The summed E-state index contributed by atoms with van der Waals surface area (Å²) >= 11 is 0. The van der Waals surface area contributed by atoms with Crippen LogP contribution in [0.3, 0.4) is 0 Å². The highest BCUT2D eigenvalue weighted by Crippen LogP contribution is 2.26. The third-order valence-corrected chi connectivity index (χ3v) is 4.26. The Labute approximate surface area is 100 Å². The van der Waals surface area contributed by atoms with E-state index in [0.29, 0.717) is 18.2 Å². The normalized spacial score (nSPS) is 45.6. The second-order valence-electron chi connectivity index (χ2n) is 5.96. The van der Waals surface area contributed by atoms with Crippen LogP contribution in [0.4, 0.5) is 0 Å². The first-order valence-electron chi connectivity index (χ1n) is 7.06. The minimum absolute atomic E-state index is 0.431. The lowest BCUT2D eigenvalue weighted by atomic mass is 9.84. The van der Waals surface area contributed by atoms with Crippen molar-refractivity contribution in [3.8, 4) is 0 Å². The van der Waals surface area contributed by atoms with Gasteiger partial charge in [-0.2, -0.15) is 0 Å². The monoisotopic (exact) mass is 225 g/mol. The Balaban J connectivity index is 1.83. The van der Waals surface area contributed by atoms with Gasteiger partial charge >= 0.3 is 0 Å². The molecule has 2 heteroatoms. The first-order chi connectivity index (χ1) is 7.65. The third-order valence-electron chi connectivity index (χ3n) is 4.26. The SMILES string of the molecule is CC1CC(NC2CCCCC2C)CC(C)O1. The van der Waals surface area contributed by atoms with Crippen LogP contribution in [0.25, 0.3) is 0 Å². The van der Waals surface area contributed by atoms with Crippen molar-refractivity contribution in [1.29, 1.82) is 0 Å². The molecule has 0 aromatic rings. The highest BCUT2D eigenvalue weighted by molar-refractivity contribution is 4.85.